The van der Waals surface area contributed by atoms with Crippen molar-refractivity contribution in [3.05, 3.63) is 24.3 Å². The van der Waals surface area contributed by atoms with E-state index < -0.39 is 5.54 Å². The molecule has 0 aromatic heterocycles. The quantitative estimate of drug-likeness (QED) is 0.782. The minimum atomic E-state index is -0.570. The Morgan fingerprint density at radius 2 is 2.12 bits per heavy atom. The van der Waals surface area contributed by atoms with Crippen molar-refractivity contribution < 1.29 is 9.84 Å². The van der Waals surface area contributed by atoms with Gasteiger partial charge < -0.3 is 20.5 Å². The molecule has 3 N–H and O–H groups in total. The molecule has 0 saturated heterocycles. The molecule has 1 rings (SSSR count). The summed E-state index contributed by atoms with van der Waals surface area (Å²) in [7, 11) is 3.98. The van der Waals surface area contributed by atoms with Crippen molar-refractivity contribution in [3.8, 4) is 5.75 Å². The molecule has 1 aromatic rings. The van der Waals surface area contributed by atoms with Crippen LogP contribution in [-0.4, -0.2) is 38.0 Å². The molecule has 0 aliphatic heterocycles. The first kappa shape index (κ1) is 13.8. The zero-order valence-electron chi connectivity index (χ0n) is 10.8. The third kappa shape index (κ3) is 4.63. The lowest BCUT2D eigenvalue weighted by molar-refractivity contribution is 0.175. The molecule has 1 atom stereocenters. The van der Waals surface area contributed by atoms with Crippen LogP contribution in [-0.2, 0) is 0 Å². The van der Waals surface area contributed by atoms with Crippen molar-refractivity contribution in [2.45, 2.75) is 18.9 Å². The zero-order valence-corrected chi connectivity index (χ0v) is 10.8. The molecule has 0 aliphatic carbocycles. The molecule has 4 heteroatoms. The van der Waals surface area contributed by atoms with Crippen molar-refractivity contribution in [3.63, 3.8) is 0 Å². The molecule has 0 fully saturated rings. The highest BCUT2D eigenvalue weighted by Gasteiger charge is 2.16. The number of anilines is 1. The van der Waals surface area contributed by atoms with Crippen molar-refractivity contribution in [2.75, 3.05) is 32.2 Å². The zero-order chi connectivity index (χ0) is 12.9. The Morgan fingerprint density at radius 1 is 1.41 bits per heavy atom. The number of rotatable bonds is 6. The average molecular weight is 238 g/mol. The summed E-state index contributed by atoms with van der Waals surface area (Å²) in [6.45, 7) is 2.28. The summed E-state index contributed by atoms with van der Waals surface area (Å²) in [4.78, 5) is 2.02. The van der Waals surface area contributed by atoms with Gasteiger partial charge in [-0.15, -0.1) is 0 Å². The van der Waals surface area contributed by atoms with E-state index in [1.54, 1.807) is 0 Å². The Morgan fingerprint density at radius 3 is 2.71 bits per heavy atom. The van der Waals surface area contributed by atoms with Crippen LogP contribution in [0.4, 0.5) is 5.69 Å². The van der Waals surface area contributed by atoms with Gasteiger partial charge in [0.1, 0.15) is 5.75 Å². The number of hydrogen-bond acceptors (Lipinski definition) is 4. The average Bonchev–Trinajstić information content (AvgIpc) is 2.29. The molecule has 17 heavy (non-hydrogen) atoms. The number of ether oxygens (including phenoxy) is 1. The van der Waals surface area contributed by atoms with E-state index in [2.05, 4.69) is 0 Å². The molecule has 0 amide bonds. The van der Waals surface area contributed by atoms with E-state index in [0.717, 1.165) is 11.4 Å². The first-order chi connectivity index (χ1) is 7.94. The molecule has 0 bridgehead atoms. The van der Waals surface area contributed by atoms with Gasteiger partial charge >= 0.3 is 0 Å². The van der Waals surface area contributed by atoms with Crippen LogP contribution in [0.15, 0.2) is 24.3 Å². The molecule has 1 aromatic carbocycles. The topological polar surface area (TPSA) is 58.7 Å². The molecule has 0 radical (unpaired) electrons. The van der Waals surface area contributed by atoms with Gasteiger partial charge in [-0.2, -0.15) is 0 Å². The van der Waals surface area contributed by atoms with Gasteiger partial charge in [-0.3, -0.25) is 0 Å². The van der Waals surface area contributed by atoms with Gasteiger partial charge in [0.15, 0.2) is 0 Å². The first-order valence-electron chi connectivity index (χ1n) is 5.74. The standard InChI is InChI=1S/C13H22N2O2/c1-13(14,10-16)7-8-17-12-6-4-5-11(9-12)15(2)3/h4-6,9,16H,7-8,10,14H2,1-3H3. The molecular formula is C13H22N2O2. The van der Waals surface area contributed by atoms with Crippen LogP contribution in [0, 0.1) is 0 Å². The summed E-state index contributed by atoms with van der Waals surface area (Å²) in [6, 6.07) is 7.87. The monoisotopic (exact) mass is 238 g/mol. The molecule has 4 nitrogen and oxygen atoms in total. The Kier molecular flexibility index (Phi) is 4.78. The summed E-state index contributed by atoms with van der Waals surface area (Å²) >= 11 is 0. The van der Waals surface area contributed by atoms with Crippen LogP contribution < -0.4 is 15.4 Å². The molecular weight excluding hydrogens is 216 g/mol. The molecule has 0 saturated carbocycles. The van der Waals surface area contributed by atoms with E-state index in [0.29, 0.717) is 13.0 Å². The number of aliphatic hydroxyl groups is 1. The summed E-state index contributed by atoms with van der Waals surface area (Å²) < 4.78 is 5.62. The lowest BCUT2D eigenvalue weighted by atomic mass is 10.0. The van der Waals surface area contributed by atoms with Gasteiger partial charge in [-0.05, 0) is 19.1 Å². The number of nitrogens with two attached hydrogens (primary N) is 1. The second kappa shape index (κ2) is 5.89. The summed E-state index contributed by atoms with van der Waals surface area (Å²) in [6.07, 6.45) is 0.621. The smallest absolute Gasteiger partial charge is 0.121 e. The van der Waals surface area contributed by atoms with Gasteiger partial charge in [-0.25, -0.2) is 0 Å². The molecule has 0 spiro atoms. The van der Waals surface area contributed by atoms with Crippen LogP contribution in [0.2, 0.25) is 0 Å². The van der Waals surface area contributed by atoms with Gasteiger partial charge in [-0.1, -0.05) is 6.07 Å². The summed E-state index contributed by atoms with van der Waals surface area (Å²) in [5.74, 6) is 0.824. The fourth-order valence-electron chi connectivity index (χ4n) is 1.33. The van der Waals surface area contributed by atoms with E-state index >= 15 is 0 Å². The maximum absolute atomic E-state index is 9.02. The van der Waals surface area contributed by atoms with E-state index in [1.807, 2.05) is 50.2 Å². The van der Waals surface area contributed by atoms with Crippen LogP contribution in [0.25, 0.3) is 0 Å². The van der Waals surface area contributed by atoms with Crippen LogP contribution in [0.1, 0.15) is 13.3 Å². The normalized spacial score (nSPS) is 14.2. The van der Waals surface area contributed by atoms with Crippen LogP contribution in [0.5, 0.6) is 5.75 Å². The predicted octanol–water partition coefficient (Wildman–Crippen LogP) is 1.23. The lowest BCUT2D eigenvalue weighted by Gasteiger charge is -2.21. The molecule has 96 valence electrons. The number of hydrogen-bond donors (Lipinski definition) is 2. The van der Waals surface area contributed by atoms with Crippen LogP contribution in [0.3, 0.4) is 0 Å². The first-order valence-corrected chi connectivity index (χ1v) is 5.74. The van der Waals surface area contributed by atoms with Gasteiger partial charge in [0.05, 0.1) is 13.2 Å². The van der Waals surface area contributed by atoms with Gasteiger partial charge in [0, 0.05) is 37.8 Å². The Bertz CT molecular complexity index is 351. The fourth-order valence-corrected chi connectivity index (χ4v) is 1.33. The molecule has 0 aliphatic rings. The largest absolute Gasteiger partial charge is 0.493 e. The van der Waals surface area contributed by atoms with Crippen molar-refractivity contribution in [2.24, 2.45) is 5.73 Å². The van der Waals surface area contributed by atoms with E-state index in [9.17, 15) is 0 Å². The highest BCUT2D eigenvalue weighted by molar-refractivity contribution is 5.49. The lowest BCUT2D eigenvalue weighted by Crippen LogP contribution is -2.41. The minimum Gasteiger partial charge on any atom is -0.493 e. The van der Waals surface area contributed by atoms with Gasteiger partial charge in [0.25, 0.3) is 0 Å². The maximum atomic E-state index is 9.02. The Hall–Kier alpha value is -1.26. The van der Waals surface area contributed by atoms with Crippen LogP contribution >= 0.6 is 0 Å². The Labute approximate surface area is 103 Å². The number of nitrogens with zero attached hydrogens (tertiary/aromatic N) is 1. The van der Waals surface area contributed by atoms with E-state index in [-0.39, 0.29) is 6.61 Å². The van der Waals surface area contributed by atoms with Gasteiger partial charge in [0.2, 0.25) is 0 Å². The fraction of sp³-hybridized carbons (Fsp3) is 0.538. The molecule has 0 heterocycles. The SMILES string of the molecule is CN(C)c1cccc(OCCC(C)(N)CO)c1. The number of aliphatic hydroxyl groups excluding tert-OH is 1. The van der Waals surface area contributed by atoms with Crippen molar-refractivity contribution in [1.29, 1.82) is 0 Å². The maximum Gasteiger partial charge on any atom is 0.121 e. The Balaban J connectivity index is 2.50. The summed E-state index contributed by atoms with van der Waals surface area (Å²) in [5, 5.41) is 9.02. The van der Waals surface area contributed by atoms with Crippen molar-refractivity contribution >= 4 is 5.69 Å². The highest BCUT2D eigenvalue weighted by Crippen LogP contribution is 2.19. The molecule has 1 unspecified atom stereocenters. The predicted molar refractivity (Wildman–Crippen MR) is 70.6 cm³/mol. The third-order valence-corrected chi connectivity index (χ3v) is 2.64. The second-order valence-corrected chi connectivity index (χ2v) is 4.80. The van der Waals surface area contributed by atoms with E-state index in [1.165, 1.54) is 0 Å². The highest BCUT2D eigenvalue weighted by atomic mass is 16.5. The third-order valence-electron chi connectivity index (χ3n) is 2.64. The van der Waals surface area contributed by atoms with E-state index in [4.69, 9.17) is 15.6 Å². The number of benzene rings is 1. The van der Waals surface area contributed by atoms with Crippen molar-refractivity contribution in [1.82, 2.24) is 0 Å². The summed E-state index contributed by atoms with van der Waals surface area (Å²) in [5.41, 5.74) is 6.35. The minimum absolute atomic E-state index is 0.0336. The second-order valence-electron chi connectivity index (χ2n) is 4.80.